The zero-order valence-corrected chi connectivity index (χ0v) is 12.3. The van der Waals surface area contributed by atoms with Crippen molar-refractivity contribution in [2.75, 3.05) is 13.1 Å². The van der Waals surface area contributed by atoms with Crippen LogP contribution in [0.2, 0.25) is 0 Å². The van der Waals surface area contributed by atoms with E-state index in [4.69, 9.17) is 5.73 Å². The van der Waals surface area contributed by atoms with Gasteiger partial charge in [-0.15, -0.1) is 0 Å². The molecule has 110 valence electrons. The van der Waals surface area contributed by atoms with Crippen LogP contribution < -0.4 is 5.73 Å². The van der Waals surface area contributed by atoms with Crippen LogP contribution >= 0.6 is 0 Å². The maximum absolute atomic E-state index is 12.5. The minimum Gasteiger partial charge on any atom is -0.339 e. The Hall–Kier alpha value is -2.20. The van der Waals surface area contributed by atoms with Gasteiger partial charge in [0, 0.05) is 31.4 Å². The van der Waals surface area contributed by atoms with Crippen LogP contribution in [0.25, 0.3) is 0 Å². The molecule has 1 aromatic heterocycles. The van der Waals surface area contributed by atoms with Gasteiger partial charge in [-0.2, -0.15) is 0 Å². The van der Waals surface area contributed by atoms with Crippen LogP contribution in [-0.4, -0.2) is 28.9 Å². The smallest absolute Gasteiger partial charge is 0.253 e. The largest absolute Gasteiger partial charge is 0.339 e. The Kier molecular flexibility index (Phi) is 5.46. The summed E-state index contributed by atoms with van der Waals surface area (Å²) < 4.78 is 0. The molecular weight excluding hydrogens is 262 g/mol. The third-order valence-electron chi connectivity index (χ3n) is 3.45. The molecule has 0 aliphatic carbocycles. The number of hydrogen-bond acceptors (Lipinski definition) is 3. The first-order valence-electron chi connectivity index (χ1n) is 7.22. The number of benzene rings is 1. The molecule has 2 N–H and O–H groups in total. The topological polar surface area (TPSA) is 59.2 Å². The summed E-state index contributed by atoms with van der Waals surface area (Å²) in [4.78, 5) is 18.5. The van der Waals surface area contributed by atoms with E-state index < -0.39 is 0 Å². The maximum atomic E-state index is 12.5. The van der Waals surface area contributed by atoms with Crippen LogP contribution in [0.15, 0.2) is 48.7 Å². The number of aromatic nitrogens is 1. The first-order valence-corrected chi connectivity index (χ1v) is 7.22. The number of nitrogens with two attached hydrogens (primary N) is 1. The van der Waals surface area contributed by atoms with E-state index in [1.165, 1.54) is 5.56 Å². The van der Waals surface area contributed by atoms with Gasteiger partial charge in [-0.3, -0.25) is 9.78 Å². The number of carbonyl (C=O) groups excluding carboxylic acids is 1. The molecule has 1 heterocycles. The van der Waals surface area contributed by atoms with Crippen molar-refractivity contribution in [3.63, 3.8) is 0 Å². The Bertz CT molecular complexity index is 584. The lowest BCUT2D eigenvalue weighted by atomic mass is 10.1. The fourth-order valence-electron chi connectivity index (χ4n) is 2.22. The van der Waals surface area contributed by atoms with E-state index in [9.17, 15) is 4.79 Å². The average molecular weight is 283 g/mol. The van der Waals surface area contributed by atoms with Crippen molar-refractivity contribution < 1.29 is 4.79 Å². The summed E-state index contributed by atoms with van der Waals surface area (Å²) in [6.45, 7) is 3.73. The first kappa shape index (κ1) is 15.2. The summed E-state index contributed by atoms with van der Waals surface area (Å²) >= 11 is 0. The maximum Gasteiger partial charge on any atom is 0.253 e. The van der Waals surface area contributed by atoms with Gasteiger partial charge in [0.15, 0.2) is 0 Å². The van der Waals surface area contributed by atoms with Gasteiger partial charge in [-0.1, -0.05) is 30.3 Å². The lowest BCUT2D eigenvalue weighted by Gasteiger charge is -2.21. The molecule has 0 bridgehead atoms. The van der Waals surface area contributed by atoms with Gasteiger partial charge in [-0.25, -0.2) is 0 Å². The highest BCUT2D eigenvalue weighted by atomic mass is 16.2. The van der Waals surface area contributed by atoms with E-state index in [0.717, 1.165) is 12.1 Å². The number of likely N-dealkylation sites (N-methyl/N-ethyl adjacent to an activating group) is 1. The highest BCUT2D eigenvalue weighted by molar-refractivity contribution is 5.94. The molecule has 0 spiro atoms. The minimum absolute atomic E-state index is 0.0329. The number of nitrogens with zero attached hydrogens (tertiary/aromatic N) is 2. The third kappa shape index (κ3) is 4.13. The van der Waals surface area contributed by atoms with Crippen molar-refractivity contribution >= 4 is 5.91 Å². The van der Waals surface area contributed by atoms with Crippen LogP contribution in [-0.2, 0) is 13.0 Å². The van der Waals surface area contributed by atoms with E-state index in [2.05, 4.69) is 17.1 Å². The molecule has 0 saturated carbocycles. The van der Waals surface area contributed by atoms with Gasteiger partial charge in [0.2, 0.25) is 0 Å². The number of rotatable bonds is 6. The molecule has 1 amide bonds. The second-order valence-corrected chi connectivity index (χ2v) is 4.86. The summed E-state index contributed by atoms with van der Waals surface area (Å²) in [5.41, 5.74) is 8.20. The van der Waals surface area contributed by atoms with Crippen LogP contribution in [0.1, 0.15) is 28.5 Å². The molecule has 0 atom stereocenters. The summed E-state index contributed by atoms with van der Waals surface area (Å²) in [7, 11) is 0. The van der Waals surface area contributed by atoms with Crippen molar-refractivity contribution in [2.24, 2.45) is 5.73 Å². The molecule has 0 saturated heterocycles. The molecule has 0 aliphatic rings. The van der Waals surface area contributed by atoms with E-state index >= 15 is 0 Å². The van der Waals surface area contributed by atoms with E-state index in [1.54, 1.807) is 18.3 Å². The molecule has 0 radical (unpaired) electrons. The van der Waals surface area contributed by atoms with Crippen LogP contribution in [0.5, 0.6) is 0 Å². The second kappa shape index (κ2) is 7.55. The third-order valence-corrected chi connectivity index (χ3v) is 3.45. The first-order chi connectivity index (χ1) is 10.2. The molecule has 1 aromatic carbocycles. The Morgan fingerprint density at radius 3 is 2.67 bits per heavy atom. The predicted molar refractivity (Wildman–Crippen MR) is 83.9 cm³/mol. The lowest BCUT2D eigenvalue weighted by Crippen LogP contribution is -2.32. The molecule has 2 rings (SSSR count). The average Bonchev–Trinajstić information content (AvgIpc) is 2.56. The van der Waals surface area contributed by atoms with Gasteiger partial charge in [0.05, 0.1) is 5.69 Å². The quantitative estimate of drug-likeness (QED) is 0.884. The molecule has 21 heavy (non-hydrogen) atoms. The minimum atomic E-state index is 0.0329. The van der Waals surface area contributed by atoms with Crippen molar-refractivity contribution in [1.82, 2.24) is 9.88 Å². The van der Waals surface area contributed by atoms with E-state index in [-0.39, 0.29) is 5.91 Å². The monoisotopic (exact) mass is 283 g/mol. The van der Waals surface area contributed by atoms with Crippen LogP contribution in [0.3, 0.4) is 0 Å². The predicted octanol–water partition coefficient (Wildman–Crippen LogP) is 2.25. The molecule has 0 unspecified atom stereocenters. The number of hydrogen-bond donors (Lipinski definition) is 1. The van der Waals surface area contributed by atoms with Crippen molar-refractivity contribution in [2.45, 2.75) is 19.9 Å². The summed E-state index contributed by atoms with van der Waals surface area (Å²) in [5, 5.41) is 0. The number of pyridine rings is 1. The normalized spacial score (nSPS) is 10.4. The Balaban J connectivity index is 2.04. The fourth-order valence-corrected chi connectivity index (χ4v) is 2.22. The van der Waals surface area contributed by atoms with Crippen molar-refractivity contribution in [3.05, 3.63) is 65.5 Å². The van der Waals surface area contributed by atoms with Crippen molar-refractivity contribution in [3.8, 4) is 0 Å². The van der Waals surface area contributed by atoms with E-state index in [1.807, 2.05) is 30.0 Å². The van der Waals surface area contributed by atoms with Gasteiger partial charge in [-0.05, 0) is 31.0 Å². The van der Waals surface area contributed by atoms with Gasteiger partial charge < -0.3 is 10.6 Å². The number of carbonyl (C=O) groups is 1. The van der Waals surface area contributed by atoms with E-state index in [0.29, 0.717) is 25.2 Å². The zero-order valence-electron chi connectivity index (χ0n) is 12.3. The fraction of sp³-hybridized carbons (Fsp3) is 0.294. The van der Waals surface area contributed by atoms with Gasteiger partial charge in [0.1, 0.15) is 0 Å². The summed E-state index contributed by atoms with van der Waals surface area (Å²) in [5.74, 6) is 0.0329. The van der Waals surface area contributed by atoms with Gasteiger partial charge >= 0.3 is 0 Å². The molecule has 0 aliphatic heterocycles. The van der Waals surface area contributed by atoms with Crippen molar-refractivity contribution in [1.29, 1.82) is 0 Å². The number of amides is 1. The molecule has 4 nitrogen and oxygen atoms in total. The highest BCUT2D eigenvalue weighted by Gasteiger charge is 2.14. The van der Waals surface area contributed by atoms with Gasteiger partial charge in [0.25, 0.3) is 5.91 Å². The Labute approximate surface area is 125 Å². The SMILES string of the molecule is CCN(CCc1ccccc1)C(=O)c1ccnc(CN)c1. The highest BCUT2D eigenvalue weighted by Crippen LogP contribution is 2.08. The van der Waals surface area contributed by atoms with Crippen LogP contribution in [0, 0.1) is 0 Å². The summed E-state index contributed by atoms with van der Waals surface area (Å²) in [6.07, 6.45) is 2.50. The Morgan fingerprint density at radius 1 is 1.24 bits per heavy atom. The van der Waals surface area contributed by atoms with Crippen LogP contribution in [0.4, 0.5) is 0 Å². The molecule has 4 heteroatoms. The molecule has 0 fully saturated rings. The standard InChI is InChI=1S/C17H21N3O/c1-2-20(11-9-14-6-4-3-5-7-14)17(21)15-8-10-19-16(12-15)13-18/h3-8,10,12H,2,9,11,13,18H2,1H3. The Morgan fingerprint density at radius 2 is 2.00 bits per heavy atom. The molecular formula is C17H21N3O. The lowest BCUT2D eigenvalue weighted by molar-refractivity contribution is 0.0766. The second-order valence-electron chi connectivity index (χ2n) is 4.86. The molecule has 2 aromatic rings. The summed E-state index contributed by atoms with van der Waals surface area (Å²) in [6, 6.07) is 13.7. The zero-order chi connectivity index (χ0) is 15.1.